The van der Waals surface area contributed by atoms with Crippen LogP contribution in [0.5, 0.6) is 0 Å². The number of carbonyl (C=O) groups excluding carboxylic acids is 2. The molecule has 0 radical (unpaired) electrons. The van der Waals surface area contributed by atoms with E-state index in [2.05, 4.69) is 21.0 Å². The van der Waals surface area contributed by atoms with Crippen LogP contribution in [-0.2, 0) is 4.79 Å². The fraction of sp³-hybridized carbons (Fsp3) is 0.353. The highest BCUT2D eigenvalue weighted by molar-refractivity contribution is 6.03. The first-order valence-corrected chi connectivity index (χ1v) is 7.92. The van der Waals surface area contributed by atoms with Crippen LogP contribution < -0.4 is 16.0 Å². The van der Waals surface area contributed by atoms with Gasteiger partial charge in [-0.1, -0.05) is 17.7 Å². The van der Waals surface area contributed by atoms with Crippen molar-refractivity contribution in [3.63, 3.8) is 0 Å². The highest BCUT2D eigenvalue weighted by atomic mass is 16.2. The van der Waals surface area contributed by atoms with Crippen LogP contribution in [0.2, 0.25) is 0 Å². The number of hydrogen-bond donors (Lipinski definition) is 3. The highest BCUT2D eigenvalue weighted by Gasteiger charge is 2.26. The first-order chi connectivity index (χ1) is 11.4. The van der Waals surface area contributed by atoms with Crippen LogP contribution in [0, 0.1) is 13.8 Å². The van der Waals surface area contributed by atoms with Crippen LogP contribution in [0.4, 0.5) is 5.82 Å². The molecular weight excluding hydrogens is 306 g/mol. The molecule has 126 valence electrons. The van der Waals surface area contributed by atoms with E-state index in [4.69, 9.17) is 0 Å². The quantitative estimate of drug-likeness (QED) is 0.801. The molecule has 1 saturated heterocycles. The van der Waals surface area contributed by atoms with Crippen molar-refractivity contribution in [1.82, 2.24) is 20.4 Å². The smallest absolute Gasteiger partial charge is 0.256 e. The molecule has 1 aliphatic rings. The second-order valence-corrected chi connectivity index (χ2v) is 6.18. The number of nitrogens with one attached hydrogen (secondary N) is 3. The minimum Gasteiger partial charge on any atom is -0.322 e. The van der Waals surface area contributed by atoms with Crippen molar-refractivity contribution in [2.75, 3.05) is 5.32 Å². The van der Waals surface area contributed by atoms with Gasteiger partial charge in [0, 0.05) is 24.1 Å². The van der Waals surface area contributed by atoms with E-state index < -0.39 is 6.29 Å². The van der Waals surface area contributed by atoms with Crippen LogP contribution in [0.1, 0.15) is 41.2 Å². The molecule has 7 nitrogen and oxygen atoms in total. The Hall–Kier alpha value is -2.67. The maximum Gasteiger partial charge on any atom is 0.256 e. The number of hydrogen-bond acceptors (Lipinski definition) is 4. The van der Waals surface area contributed by atoms with Crippen molar-refractivity contribution in [1.29, 1.82) is 0 Å². The zero-order valence-electron chi connectivity index (χ0n) is 14.0. The summed E-state index contributed by atoms with van der Waals surface area (Å²) in [5.74, 6) is 0.270. The van der Waals surface area contributed by atoms with Gasteiger partial charge in [0.2, 0.25) is 5.91 Å². The fourth-order valence-corrected chi connectivity index (χ4v) is 2.69. The lowest BCUT2D eigenvalue weighted by molar-refractivity contribution is -0.125. The average molecular weight is 327 g/mol. The average Bonchev–Trinajstić information content (AvgIpc) is 2.87. The van der Waals surface area contributed by atoms with Gasteiger partial charge in [-0.2, -0.15) is 5.10 Å². The Labute approximate surface area is 140 Å². The number of aromatic nitrogens is 2. The third-order valence-corrected chi connectivity index (χ3v) is 3.89. The van der Waals surface area contributed by atoms with Gasteiger partial charge in [-0.05, 0) is 32.9 Å². The summed E-state index contributed by atoms with van der Waals surface area (Å²) in [5.41, 5.74) is 2.42. The third kappa shape index (κ3) is 3.46. The number of nitrogens with zero attached hydrogens (tertiary/aromatic N) is 2. The number of amides is 2. The van der Waals surface area contributed by atoms with Crippen LogP contribution in [-0.4, -0.2) is 27.6 Å². The predicted octanol–water partition coefficient (Wildman–Crippen LogP) is 1.71. The standard InChI is InChI=1S/C17H21N5O2/c1-10-4-6-13(7-5-10)16(24)19-14-8-12(3)21-22(14)17-18-11(2)9-15(23)20-17/h4-8,11,17-18H,9H2,1-3H3,(H,19,24)(H,20,23). The maximum atomic E-state index is 12.4. The molecule has 0 aliphatic carbocycles. The number of rotatable bonds is 3. The molecule has 2 aromatic rings. The summed E-state index contributed by atoms with van der Waals surface area (Å²) in [6, 6.07) is 9.15. The van der Waals surface area contributed by atoms with Gasteiger partial charge < -0.3 is 10.6 Å². The van der Waals surface area contributed by atoms with E-state index in [-0.39, 0.29) is 17.9 Å². The number of benzene rings is 1. The Bertz CT molecular complexity index is 766. The Morgan fingerprint density at radius 3 is 2.67 bits per heavy atom. The predicted molar refractivity (Wildman–Crippen MR) is 90.5 cm³/mol. The summed E-state index contributed by atoms with van der Waals surface area (Å²) in [4.78, 5) is 24.2. The molecule has 0 spiro atoms. The summed E-state index contributed by atoms with van der Waals surface area (Å²) >= 11 is 0. The fourth-order valence-electron chi connectivity index (χ4n) is 2.69. The monoisotopic (exact) mass is 327 g/mol. The Balaban J connectivity index is 1.82. The van der Waals surface area contributed by atoms with Gasteiger partial charge in [-0.25, -0.2) is 4.68 Å². The molecule has 2 amide bonds. The van der Waals surface area contributed by atoms with Crippen molar-refractivity contribution < 1.29 is 9.59 Å². The third-order valence-electron chi connectivity index (χ3n) is 3.89. The van der Waals surface area contributed by atoms with Gasteiger partial charge in [0.15, 0.2) is 6.29 Å². The lowest BCUT2D eigenvalue weighted by Crippen LogP contribution is -2.52. The van der Waals surface area contributed by atoms with E-state index in [1.807, 2.05) is 32.9 Å². The molecular formula is C17H21N5O2. The van der Waals surface area contributed by atoms with E-state index in [9.17, 15) is 9.59 Å². The minimum absolute atomic E-state index is 0.0360. The zero-order valence-corrected chi connectivity index (χ0v) is 14.0. The maximum absolute atomic E-state index is 12.4. The van der Waals surface area contributed by atoms with Crippen LogP contribution >= 0.6 is 0 Å². The van der Waals surface area contributed by atoms with E-state index in [0.717, 1.165) is 11.3 Å². The van der Waals surface area contributed by atoms with Gasteiger partial charge in [-0.3, -0.25) is 14.9 Å². The first kappa shape index (κ1) is 16.2. The van der Waals surface area contributed by atoms with E-state index in [1.165, 1.54) is 0 Å². The molecule has 2 heterocycles. The van der Waals surface area contributed by atoms with Gasteiger partial charge >= 0.3 is 0 Å². The van der Waals surface area contributed by atoms with Gasteiger partial charge in [0.1, 0.15) is 5.82 Å². The summed E-state index contributed by atoms with van der Waals surface area (Å²) in [7, 11) is 0. The van der Waals surface area contributed by atoms with Crippen molar-refractivity contribution in [2.45, 2.75) is 39.5 Å². The van der Waals surface area contributed by atoms with E-state index in [0.29, 0.717) is 17.8 Å². The number of aryl methyl sites for hydroxylation is 2. The number of anilines is 1. The van der Waals surface area contributed by atoms with Crippen LogP contribution in [0.3, 0.4) is 0 Å². The molecule has 2 unspecified atom stereocenters. The summed E-state index contributed by atoms with van der Waals surface area (Å²) in [5, 5.41) is 13.3. The van der Waals surface area contributed by atoms with Crippen molar-refractivity contribution in [2.24, 2.45) is 0 Å². The zero-order chi connectivity index (χ0) is 17.3. The molecule has 1 aliphatic heterocycles. The SMILES string of the molecule is Cc1ccc(C(=O)Nc2cc(C)nn2C2NC(=O)CC(C)N2)cc1. The topological polar surface area (TPSA) is 88.1 Å². The lowest BCUT2D eigenvalue weighted by Gasteiger charge is -2.30. The Morgan fingerprint density at radius 2 is 2.00 bits per heavy atom. The van der Waals surface area contributed by atoms with E-state index in [1.54, 1.807) is 22.9 Å². The highest BCUT2D eigenvalue weighted by Crippen LogP contribution is 2.18. The van der Waals surface area contributed by atoms with Gasteiger partial charge in [0.05, 0.1) is 5.69 Å². The van der Waals surface area contributed by atoms with Gasteiger partial charge in [-0.15, -0.1) is 0 Å². The molecule has 1 aromatic carbocycles. The molecule has 0 saturated carbocycles. The molecule has 1 fully saturated rings. The minimum atomic E-state index is -0.483. The molecule has 0 bridgehead atoms. The van der Waals surface area contributed by atoms with Crippen molar-refractivity contribution in [3.8, 4) is 0 Å². The summed E-state index contributed by atoms with van der Waals surface area (Å²) < 4.78 is 1.59. The first-order valence-electron chi connectivity index (χ1n) is 7.92. The van der Waals surface area contributed by atoms with Crippen LogP contribution in [0.15, 0.2) is 30.3 Å². The molecule has 3 N–H and O–H groups in total. The van der Waals surface area contributed by atoms with Gasteiger partial charge in [0.25, 0.3) is 5.91 Å². The molecule has 1 aromatic heterocycles. The second-order valence-electron chi connectivity index (χ2n) is 6.18. The molecule has 24 heavy (non-hydrogen) atoms. The summed E-state index contributed by atoms with van der Waals surface area (Å²) in [6.45, 7) is 5.75. The Morgan fingerprint density at radius 1 is 1.29 bits per heavy atom. The van der Waals surface area contributed by atoms with Crippen LogP contribution in [0.25, 0.3) is 0 Å². The largest absolute Gasteiger partial charge is 0.322 e. The second kappa shape index (κ2) is 6.45. The molecule has 2 atom stereocenters. The molecule has 3 rings (SSSR count). The summed E-state index contributed by atoms with van der Waals surface area (Å²) in [6.07, 6.45) is -0.0646. The Kier molecular flexibility index (Phi) is 4.35. The van der Waals surface area contributed by atoms with Crippen molar-refractivity contribution >= 4 is 17.6 Å². The number of carbonyl (C=O) groups is 2. The normalized spacial score (nSPS) is 20.5. The lowest BCUT2D eigenvalue weighted by atomic mass is 10.1. The van der Waals surface area contributed by atoms with E-state index >= 15 is 0 Å². The molecule has 7 heteroatoms. The van der Waals surface area contributed by atoms with Crippen molar-refractivity contribution in [3.05, 3.63) is 47.2 Å².